The smallest absolute Gasteiger partial charge is 0.242 e. The minimum Gasteiger partial charge on any atom is -0.370 e. The number of nitrogens with zero attached hydrogens (tertiary/aromatic N) is 2. The van der Waals surface area contributed by atoms with Crippen molar-refractivity contribution in [2.24, 2.45) is 17.2 Å². The largest absolute Gasteiger partial charge is 0.370 e. The second-order valence-corrected chi connectivity index (χ2v) is 5.39. The first-order valence-electron chi connectivity index (χ1n) is 7.69. The highest BCUT2D eigenvalue weighted by Gasteiger charge is 2.09. The van der Waals surface area contributed by atoms with E-state index in [1.54, 1.807) is 13.1 Å². The van der Waals surface area contributed by atoms with Gasteiger partial charge in [-0.25, -0.2) is 0 Å². The maximum atomic E-state index is 10.9. The number of hydrogen-bond acceptors (Lipinski definition) is 6. The number of likely N-dealkylation sites (N-methyl/N-ethyl adjacent to an activating group) is 1. The van der Waals surface area contributed by atoms with Crippen LogP contribution < -0.4 is 22.5 Å². The van der Waals surface area contributed by atoms with Crippen molar-refractivity contribution in [1.82, 2.24) is 15.2 Å². The average Bonchev–Trinajstić information content (AvgIpc) is 2.52. The first kappa shape index (κ1) is 25.2. The normalized spacial score (nSPS) is 10.0. The summed E-state index contributed by atoms with van der Waals surface area (Å²) in [6, 6.07) is 3.85. The summed E-state index contributed by atoms with van der Waals surface area (Å²) in [5.74, 6) is -1.28. The molecule has 0 aliphatic heterocycles. The van der Waals surface area contributed by atoms with Gasteiger partial charge in [0.2, 0.25) is 24.1 Å². The standard InChI is InChI=1S/C6H11N3O3.C6H7N.C4H10N2O/c1-9(3-5(7)11)6(12)2-8-4-10;1-6-3-2-4-7-5-6;1-3(5)2-4(6)7/h4H,2-3H2,1H3,(H2,7,11)(H,8,10);2-5H,1H3;3H,2,5H2,1H3,(H2,6,7). The lowest BCUT2D eigenvalue weighted by molar-refractivity contribution is -0.133. The molecule has 0 saturated heterocycles. The highest BCUT2D eigenvalue weighted by molar-refractivity contribution is 5.85. The van der Waals surface area contributed by atoms with E-state index in [2.05, 4.69) is 10.3 Å². The Bertz CT molecular complexity index is 551. The van der Waals surface area contributed by atoms with Gasteiger partial charge in [0.25, 0.3) is 0 Å². The molecule has 1 heterocycles. The molecule has 10 nitrogen and oxygen atoms in total. The lowest BCUT2D eigenvalue weighted by atomic mass is 10.2. The summed E-state index contributed by atoms with van der Waals surface area (Å²) in [6.07, 6.45) is 4.29. The van der Waals surface area contributed by atoms with E-state index in [9.17, 15) is 19.2 Å². The predicted octanol–water partition coefficient (Wildman–Crippen LogP) is -1.72. The number of primary amides is 2. The van der Waals surface area contributed by atoms with E-state index in [4.69, 9.17) is 17.2 Å². The summed E-state index contributed by atoms with van der Waals surface area (Å²) in [4.78, 5) is 46.0. The Balaban J connectivity index is 0. The van der Waals surface area contributed by atoms with E-state index >= 15 is 0 Å². The van der Waals surface area contributed by atoms with Crippen LogP contribution >= 0.6 is 0 Å². The van der Waals surface area contributed by atoms with Crippen LogP contribution in [0.1, 0.15) is 18.9 Å². The third-order valence-corrected chi connectivity index (χ3v) is 2.49. The Morgan fingerprint density at radius 1 is 1.31 bits per heavy atom. The second kappa shape index (κ2) is 15.5. The third kappa shape index (κ3) is 19.0. The van der Waals surface area contributed by atoms with E-state index < -0.39 is 5.91 Å². The molecule has 0 aliphatic rings. The number of hydrogen-bond donors (Lipinski definition) is 4. The van der Waals surface area contributed by atoms with Gasteiger partial charge >= 0.3 is 0 Å². The number of carbonyl (C=O) groups excluding carboxylic acids is 4. The molecule has 0 radical (unpaired) electrons. The van der Waals surface area contributed by atoms with E-state index in [1.807, 2.05) is 25.3 Å². The van der Waals surface area contributed by atoms with Gasteiger partial charge in [-0.15, -0.1) is 0 Å². The zero-order valence-corrected chi connectivity index (χ0v) is 15.3. The van der Waals surface area contributed by atoms with Gasteiger partial charge in [-0.3, -0.25) is 24.2 Å². The van der Waals surface area contributed by atoms with E-state index in [0.29, 0.717) is 6.41 Å². The Morgan fingerprint density at radius 3 is 2.19 bits per heavy atom. The van der Waals surface area contributed by atoms with Crippen molar-refractivity contribution in [2.75, 3.05) is 20.1 Å². The fourth-order valence-electron chi connectivity index (χ4n) is 1.35. The molecule has 1 aromatic heterocycles. The number of aryl methyl sites for hydroxylation is 1. The molecular formula is C16H28N6O4. The monoisotopic (exact) mass is 368 g/mol. The van der Waals surface area contributed by atoms with Gasteiger partial charge in [0.1, 0.15) is 0 Å². The summed E-state index contributed by atoms with van der Waals surface area (Å²) in [5.41, 5.74) is 16.0. The van der Waals surface area contributed by atoms with Gasteiger partial charge < -0.3 is 27.4 Å². The molecule has 0 saturated carbocycles. The Kier molecular flexibility index (Phi) is 15.1. The lowest BCUT2D eigenvalue weighted by Crippen LogP contribution is -2.40. The molecule has 0 aliphatic carbocycles. The molecular weight excluding hydrogens is 340 g/mol. The molecule has 0 spiro atoms. The van der Waals surface area contributed by atoms with Crippen molar-refractivity contribution in [3.05, 3.63) is 30.1 Å². The third-order valence-electron chi connectivity index (χ3n) is 2.49. The van der Waals surface area contributed by atoms with Gasteiger partial charge in [-0.05, 0) is 25.5 Å². The molecule has 26 heavy (non-hydrogen) atoms. The number of rotatable bonds is 7. The van der Waals surface area contributed by atoms with E-state index in [1.165, 1.54) is 12.6 Å². The molecule has 10 heteroatoms. The maximum Gasteiger partial charge on any atom is 0.242 e. The van der Waals surface area contributed by atoms with Crippen LogP contribution in [0.4, 0.5) is 0 Å². The Labute approximate surface area is 153 Å². The van der Waals surface area contributed by atoms with Crippen LogP contribution in [0.2, 0.25) is 0 Å². The maximum absolute atomic E-state index is 10.9. The first-order chi connectivity index (χ1) is 12.1. The van der Waals surface area contributed by atoms with Crippen LogP contribution in [-0.2, 0) is 19.2 Å². The SMILES string of the molecule is CC(N)CC(N)=O.CN(CC(N)=O)C(=O)CNC=O.Cc1cccnc1. The van der Waals surface area contributed by atoms with Crippen molar-refractivity contribution < 1.29 is 19.2 Å². The van der Waals surface area contributed by atoms with Crippen molar-refractivity contribution >= 4 is 24.1 Å². The van der Waals surface area contributed by atoms with Crippen LogP contribution in [0.15, 0.2) is 24.5 Å². The fraction of sp³-hybridized carbons (Fsp3) is 0.438. The molecule has 1 rings (SSSR count). The van der Waals surface area contributed by atoms with Crippen LogP contribution in [0.5, 0.6) is 0 Å². The van der Waals surface area contributed by atoms with E-state index in [-0.39, 0.29) is 37.4 Å². The first-order valence-corrected chi connectivity index (χ1v) is 7.69. The molecule has 1 unspecified atom stereocenters. The Morgan fingerprint density at radius 2 is 1.92 bits per heavy atom. The fourth-order valence-corrected chi connectivity index (χ4v) is 1.35. The highest BCUT2D eigenvalue weighted by Crippen LogP contribution is 1.88. The molecule has 0 aromatic carbocycles. The second-order valence-electron chi connectivity index (χ2n) is 5.39. The van der Waals surface area contributed by atoms with Crippen molar-refractivity contribution in [2.45, 2.75) is 26.3 Å². The number of nitrogens with one attached hydrogen (secondary N) is 1. The molecule has 1 atom stereocenters. The highest BCUT2D eigenvalue weighted by atomic mass is 16.2. The summed E-state index contributed by atoms with van der Waals surface area (Å²) < 4.78 is 0. The number of amides is 4. The van der Waals surface area contributed by atoms with Gasteiger partial charge in [0.05, 0.1) is 13.1 Å². The van der Waals surface area contributed by atoms with Crippen molar-refractivity contribution in [1.29, 1.82) is 0 Å². The molecule has 7 N–H and O–H groups in total. The van der Waals surface area contributed by atoms with E-state index in [0.717, 1.165) is 4.90 Å². The number of carbonyl (C=O) groups is 4. The van der Waals surface area contributed by atoms with Gasteiger partial charge in [0, 0.05) is 31.9 Å². The topological polar surface area (TPSA) is 174 Å². The zero-order chi connectivity index (χ0) is 20.5. The summed E-state index contributed by atoms with van der Waals surface area (Å²) in [7, 11) is 1.43. The number of pyridine rings is 1. The summed E-state index contributed by atoms with van der Waals surface area (Å²) in [6.45, 7) is 3.50. The minimum absolute atomic E-state index is 0.0995. The van der Waals surface area contributed by atoms with Crippen LogP contribution in [0, 0.1) is 6.92 Å². The van der Waals surface area contributed by atoms with Gasteiger partial charge in [-0.2, -0.15) is 0 Å². The van der Waals surface area contributed by atoms with Crippen molar-refractivity contribution in [3.8, 4) is 0 Å². The average molecular weight is 368 g/mol. The van der Waals surface area contributed by atoms with Crippen LogP contribution in [-0.4, -0.2) is 60.2 Å². The predicted molar refractivity (Wildman–Crippen MR) is 97.3 cm³/mol. The molecule has 4 amide bonds. The Hall–Kier alpha value is -3.01. The minimum atomic E-state index is -0.586. The summed E-state index contributed by atoms with van der Waals surface area (Å²) >= 11 is 0. The van der Waals surface area contributed by atoms with Crippen LogP contribution in [0.25, 0.3) is 0 Å². The zero-order valence-electron chi connectivity index (χ0n) is 15.3. The molecule has 1 aromatic rings. The summed E-state index contributed by atoms with van der Waals surface area (Å²) in [5, 5.41) is 2.18. The van der Waals surface area contributed by atoms with Gasteiger partial charge in [0.15, 0.2) is 0 Å². The molecule has 146 valence electrons. The quantitative estimate of drug-likeness (QED) is 0.416. The van der Waals surface area contributed by atoms with Gasteiger partial charge in [-0.1, -0.05) is 6.07 Å². The molecule has 0 fully saturated rings. The van der Waals surface area contributed by atoms with Crippen LogP contribution in [0.3, 0.4) is 0 Å². The van der Waals surface area contributed by atoms with Crippen molar-refractivity contribution in [3.63, 3.8) is 0 Å². The number of aromatic nitrogens is 1. The molecule has 0 bridgehead atoms. The lowest BCUT2D eigenvalue weighted by Gasteiger charge is -2.13. The number of nitrogens with two attached hydrogens (primary N) is 3.